The number of para-hydroxylation sites is 1. The first-order valence-corrected chi connectivity index (χ1v) is 5.58. The summed E-state index contributed by atoms with van der Waals surface area (Å²) in [5.74, 6) is 1.08. The lowest BCUT2D eigenvalue weighted by Gasteiger charge is -1.97. The number of aryl methyl sites for hydroxylation is 1. The summed E-state index contributed by atoms with van der Waals surface area (Å²) in [6.07, 6.45) is 4.80. The summed E-state index contributed by atoms with van der Waals surface area (Å²) < 4.78 is 0. The third-order valence-electron chi connectivity index (χ3n) is 2.70. The number of aromatic nitrogens is 1. The van der Waals surface area contributed by atoms with E-state index in [1.54, 1.807) is 0 Å². The summed E-state index contributed by atoms with van der Waals surface area (Å²) in [7, 11) is 0. The lowest BCUT2D eigenvalue weighted by Crippen LogP contribution is -1.80. The molecular formula is C14H17N. The van der Waals surface area contributed by atoms with Gasteiger partial charge in [-0.15, -0.1) is 0 Å². The van der Waals surface area contributed by atoms with Crippen LogP contribution in [0, 0.1) is 12.8 Å². The highest BCUT2D eigenvalue weighted by molar-refractivity contribution is 5.81. The Bertz CT molecular complexity index is 439. The zero-order chi connectivity index (χ0) is 10.7. The topological polar surface area (TPSA) is 12.9 Å². The molecule has 1 aromatic heterocycles. The van der Waals surface area contributed by atoms with Gasteiger partial charge in [-0.2, -0.15) is 0 Å². The van der Waals surface area contributed by atoms with E-state index in [9.17, 15) is 0 Å². The first kappa shape index (κ1) is 10.2. The Morgan fingerprint density at radius 3 is 2.40 bits per heavy atom. The molecule has 1 aliphatic rings. The van der Waals surface area contributed by atoms with Crippen LogP contribution in [0.15, 0.2) is 36.5 Å². The van der Waals surface area contributed by atoms with Gasteiger partial charge in [0.2, 0.25) is 0 Å². The Balaban J connectivity index is 0.000000179. The molecule has 0 saturated heterocycles. The lowest BCUT2D eigenvalue weighted by atomic mass is 10.1. The normalized spacial score (nSPS) is 14.5. The van der Waals surface area contributed by atoms with Gasteiger partial charge >= 0.3 is 0 Å². The van der Waals surface area contributed by atoms with E-state index in [-0.39, 0.29) is 0 Å². The van der Waals surface area contributed by atoms with Crippen molar-refractivity contribution < 1.29 is 0 Å². The summed E-state index contributed by atoms with van der Waals surface area (Å²) in [6, 6.07) is 10.3. The molecule has 1 nitrogen and oxygen atoms in total. The predicted molar refractivity (Wildman–Crippen MR) is 64.9 cm³/mol. The van der Waals surface area contributed by atoms with E-state index in [0.29, 0.717) is 0 Å². The van der Waals surface area contributed by atoms with Crippen molar-refractivity contribution in [3.63, 3.8) is 0 Å². The fourth-order valence-corrected chi connectivity index (χ4v) is 1.42. The largest absolute Gasteiger partial charge is 0.256 e. The minimum atomic E-state index is 1.08. The van der Waals surface area contributed by atoms with Gasteiger partial charge in [0.15, 0.2) is 0 Å². The second-order valence-electron chi connectivity index (χ2n) is 4.33. The van der Waals surface area contributed by atoms with Crippen molar-refractivity contribution in [2.45, 2.75) is 26.7 Å². The first-order chi connectivity index (χ1) is 7.27. The second-order valence-corrected chi connectivity index (χ2v) is 4.33. The Labute approximate surface area is 91.2 Å². The van der Waals surface area contributed by atoms with Gasteiger partial charge in [-0.3, -0.25) is 4.98 Å². The fourth-order valence-electron chi connectivity index (χ4n) is 1.42. The molecule has 0 amide bonds. The van der Waals surface area contributed by atoms with Crippen molar-refractivity contribution in [2.24, 2.45) is 5.92 Å². The molecule has 0 N–H and O–H groups in total. The Kier molecular flexibility index (Phi) is 3.00. The molecule has 1 aromatic carbocycles. The van der Waals surface area contributed by atoms with Crippen LogP contribution in [0.3, 0.4) is 0 Å². The molecule has 1 saturated carbocycles. The van der Waals surface area contributed by atoms with Gasteiger partial charge in [0.25, 0.3) is 0 Å². The monoisotopic (exact) mass is 199 g/mol. The molecule has 0 bridgehead atoms. The average Bonchev–Trinajstić information content (AvgIpc) is 3.03. The standard InChI is InChI=1S/C10H9N.C4H8/c1-8-4-2-5-9-6-3-7-11-10(8)9;1-4-2-3-4/h2-7H,1H3;4H,2-3H2,1H3. The van der Waals surface area contributed by atoms with Gasteiger partial charge in [-0.05, 0) is 24.5 Å². The molecule has 0 unspecified atom stereocenters. The summed E-state index contributed by atoms with van der Waals surface area (Å²) in [6.45, 7) is 4.36. The molecule has 2 aromatic rings. The third kappa shape index (κ3) is 2.79. The predicted octanol–water partition coefficient (Wildman–Crippen LogP) is 3.96. The van der Waals surface area contributed by atoms with Gasteiger partial charge in [0, 0.05) is 11.6 Å². The minimum Gasteiger partial charge on any atom is -0.256 e. The van der Waals surface area contributed by atoms with Crippen molar-refractivity contribution in [2.75, 3.05) is 0 Å². The van der Waals surface area contributed by atoms with Gasteiger partial charge < -0.3 is 0 Å². The van der Waals surface area contributed by atoms with Crippen LogP contribution in [0.1, 0.15) is 25.3 Å². The van der Waals surface area contributed by atoms with Crippen LogP contribution in [-0.4, -0.2) is 4.98 Å². The van der Waals surface area contributed by atoms with Crippen molar-refractivity contribution in [1.82, 2.24) is 4.98 Å². The fraction of sp³-hybridized carbons (Fsp3) is 0.357. The number of hydrogen-bond acceptors (Lipinski definition) is 1. The maximum Gasteiger partial charge on any atom is 0.0731 e. The molecule has 0 atom stereocenters. The SMILES string of the molecule is CC1CC1.Cc1cccc2cccnc12. The molecule has 0 spiro atoms. The van der Waals surface area contributed by atoms with Crippen LogP contribution in [0.4, 0.5) is 0 Å². The summed E-state index contributed by atoms with van der Waals surface area (Å²) in [5, 5.41) is 1.22. The molecular weight excluding hydrogens is 182 g/mol. The van der Waals surface area contributed by atoms with Crippen molar-refractivity contribution in [3.8, 4) is 0 Å². The maximum atomic E-state index is 4.28. The van der Waals surface area contributed by atoms with Crippen LogP contribution >= 0.6 is 0 Å². The zero-order valence-electron chi connectivity index (χ0n) is 9.40. The summed E-state index contributed by atoms with van der Waals surface area (Å²) >= 11 is 0. The number of pyridine rings is 1. The molecule has 1 heteroatoms. The first-order valence-electron chi connectivity index (χ1n) is 5.58. The molecule has 15 heavy (non-hydrogen) atoms. The molecule has 1 heterocycles. The van der Waals surface area contributed by atoms with E-state index in [4.69, 9.17) is 0 Å². The Morgan fingerprint density at radius 2 is 1.80 bits per heavy atom. The Morgan fingerprint density at radius 1 is 1.13 bits per heavy atom. The summed E-state index contributed by atoms with van der Waals surface area (Å²) in [4.78, 5) is 4.28. The lowest BCUT2D eigenvalue weighted by molar-refractivity contribution is 0.983. The van der Waals surface area contributed by atoms with Crippen LogP contribution in [0.2, 0.25) is 0 Å². The van der Waals surface area contributed by atoms with Crippen molar-refractivity contribution in [1.29, 1.82) is 0 Å². The van der Waals surface area contributed by atoms with E-state index in [1.165, 1.54) is 23.8 Å². The molecule has 1 fully saturated rings. The molecule has 78 valence electrons. The summed E-state index contributed by atoms with van der Waals surface area (Å²) in [5.41, 5.74) is 2.35. The molecule has 1 aliphatic carbocycles. The van der Waals surface area contributed by atoms with Crippen LogP contribution in [0.5, 0.6) is 0 Å². The van der Waals surface area contributed by atoms with E-state index < -0.39 is 0 Å². The smallest absolute Gasteiger partial charge is 0.0731 e. The number of nitrogens with zero attached hydrogens (tertiary/aromatic N) is 1. The van der Waals surface area contributed by atoms with Gasteiger partial charge in [-0.25, -0.2) is 0 Å². The van der Waals surface area contributed by atoms with E-state index in [2.05, 4.69) is 43.1 Å². The number of rotatable bonds is 0. The third-order valence-corrected chi connectivity index (χ3v) is 2.70. The molecule has 0 aliphatic heterocycles. The van der Waals surface area contributed by atoms with Crippen LogP contribution in [0.25, 0.3) is 10.9 Å². The highest BCUT2D eigenvalue weighted by atomic mass is 14.6. The van der Waals surface area contributed by atoms with Crippen LogP contribution < -0.4 is 0 Å². The van der Waals surface area contributed by atoms with E-state index in [0.717, 1.165) is 11.4 Å². The van der Waals surface area contributed by atoms with Gasteiger partial charge in [0.1, 0.15) is 0 Å². The highest BCUT2D eigenvalue weighted by Gasteiger charge is 2.12. The van der Waals surface area contributed by atoms with Crippen molar-refractivity contribution in [3.05, 3.63) is 42.1 Å². The average molecular weight is 199 g/mol. The van der Waals surface area contributed by atoms with Crippen molar-refractivity contribution >= 4 is 10.9 Å². The second kappa shape index (κ2) is 4.43. The van der Waals surface area contributed by atoms with E-state index in [1.807, 2.05) is 12.3 Å². The highest BCUT2D eigenvalue weighted by Crippen LogP contribution is 2.26. The number of fused-ring (bicyclic) bond motifs is 1. The van der Waals surface area contributed by atoms with E-state index >= 15 is 0 Å². The number of benzene rings is 1. The maximum absolute atomic E-state index is 4.28. The van der Waals surface area contributed by atoms with Gasteiger partial charge in [0.05, 0.1) is 5.52 Å². The number of hydrogen-bond donors (Lipinski definition) is 0. The minimum absolute atomic E-state index is 1.08. The van der Waals surface area contributed by atoms with Gasteiger partial charge in [-0.1, -0.05) is 44.0 Å². The molecule has 0 radical (unpaired) electrons. The molecule has 3 rings (SSSR count). The van der Waals surface area contributed by atoms with Crippen LogP contribution in [-0.2, 0) is 0 Å². The quantitative estimate of drug-likeness (QED) is 0.626. The zero-order valence-corrected chi connectivity index (χ0v) is 9.40. The Hall–Kier alpha value is -1.37.